The molecule has 0 aromatic carbocycles. The maximum absolute atomic E-state index is 4.50. The zero-order valence-electron chi connectivity index (χ0n) is 2.98. The van der Waals surface area contributed by atoms with Gasteiger partial charge in [-0.15, -0.1) is 0 Å². The molecule has 1 heterocycles. The van der Waals surface area contributed by atoms with Crippen molar-refractivity contribution < 1.29 is 4.74 Å². The highest BCUT2D eigenvalue weighted by molar-refractivity contribution is 4.36. The summed E-state index contributed by atoms with van der Waals surface area (Å²) in [5.41, 5.74) is 0. The molecule has 1 fully saturated rings. The summed E-state index contributed by atoms with van der Waals surface area (Å²) in [6.45, 7) is 2.00. The van der Waals surface area contributed by atoms with Gasteiger partial charge in [0.05, 0.1) is 13.2 Å². The minimum Gasteiger partial charge on any atom is -0.377 e. The third kappa shape index (κ3) is 17.7. The third-order valence-corrected chi connectivity index (χ3v) is 0.204. The Hall–Kier alpha value is -0.120. The van der Waals surface area contributed by atoms with Gasteiger partial charge in [0.25, 0.3) is 0 Å². The van der Waals surface area contributed by atoms with E-state index in [1.807, 2.05) is 0 Å². The molecular weight excluding hydrogens is 68.0 g/mol. The lowest BCUT2D eigenvalue weighted by atomic mass is 11.0. The topological polar surface area (TPSA) is 64.6 Å². The molecule has 1 aliphatic heterocycles. The minimum atomic E-state index is 1.00. The van der Waals surface area contributed by atoms with E-state index in [1.54, 1.807) is 0 Å². The quantitative estimate of drug-likeness (QED) is 0.217. The first-order valence-electron chi connectivity index (χ1n) is 1.41. The van der Waals surface area contributed by atoms with Crippen LogP contribution in [-0.2, 0) is 4.74 Å². The Balaban J connectivity index is 0.0000000733. The molecular formula is C2H8N2O. The van der Waals surface area contributed by atoms with Crippen molar-refractivity contribution in [3.05, 3.63) is 0 Å². The monoisotopic (exact) mass is 76.1 g/mol. The summed E-state index contributed by atoms with van der Waals surface area (Å²) in [5, 5.41) is 0. The van der Waals surface area contributed by atoms with Crippen LogP contribution in [0.1, 0.15) is 0 Å². The predicted octanol–water partition coefficient (Wildman–Crippen LogP) is -1.16. The van der Waals surface area contributed by atoms with Crippen molar-refractivity contribution in [2.24, 2.45) is 11.7 Å². The van der Waals surface area contributed by atoms with Gasteiger partial charge in [-0.2, -0.15) is 0 Å². The Morgan fingerprint density at radius 3 is 1.40 bits per heavy atom. The lowest BCUT2D eigenvalue weighted by Gasteiger charge is -1.27. The number of epoxide rings is 1. The van der Waals surface area contributed by atoms with Crippen LogP contribution in [0.2, 0.25) is 0 Å². The summed E-state index contributed by atoms with van der Waals surface area (Å²) >= 11 is 0. The molecule has 0 unspecified atom stereocenters. The number of hydrazine groups is 1. The smallest absolute Gasteiger partial charge is 0.0701 e. The van der Waals surface area contributed by atoms with Gasteiger partial charge in [-0.1, -0.05) is 0 Å². The van der Waals surface area contributed by atoms with Crippen molar-refractivity contribution in [3.63, 3.8) is 0 Å². The molecule has 0 spiro atoms. The van der Waals surface area contributed by atoms with E-state index < -0.39 is 0 Å². The summed E-state index contributed by atoms with van der Waals surface area (Å²) in [6, 6.07) is 0. The first-order chi connectivity index (χ1) is 2.50. The van der Waals surface area contributed by atoms with Crippen LogP contribution in [0.5, 0.6) is 0 Å². The van der Waals surface area contributed by atoms with E-state index >= 15 is 0 Å². The lowest BCUT2D eigenvalue weighted by molar-refractivity contribution is 0.475. The maximum Gasteiger partial charge on any atom is 0.0701 e. The molecule has 3 nitrogen and oxygen atoms in total. The fraction of sp³-hybridized carbons (Fsp3) is 1.00. The Morgan fingerprint density at radius 2 is 1.40 bits per heavy atom. The molecule has 1 aliphatic rings. The molecule has 0 aromatic rings. The van der Waals surface area contributed by atoms with Crippen LogP contribution in [-0.4, -0.2) is 13.2 Å². The second kappa shape index (κ2) is 3.88. The standard InChI is InChI=1S/C2H4O.H4N2/c1-2-3-1;1-2/h1-2H2;1-2H2. The SMILES string of the molecule is C1CO1.NN. The molecule has 0 saturated carbocycles. The number of hydrogen-bond donors (Lipinski definition) is 2. The Bertz CT molecular complexity index is 12.4. The van der Waals surface area contributed by atoms with E-state index in [4.69, 9.17) is 0 Å². The van der Waals surface area contributed by atoms with Crippen molar-refractivity contribution in [2.45, 2.75) is 0 Å². The molecule has 0 aliphatic carbocycles. The van der Waals surface area contributed by atoms with Crippen LogP contribution >= 0.6 is 0 Å². The van der Waals surface area contributed by atoms with Crippen molar-refractivity contribution in [2.75, 3.05) is 13.2 Å². The molecule has 3 heteroatoms. The van der Waals surface area contributed by atoms with Gasteiger partial charge in [-0.05, 0) is 0 Å². The van der Waals surface area contributed by atoms with E-state index in [0.717, 1.165) is 13.2 Å². The van der Waals surface area contributed by atoms with E-state index in [9.17, 15) is 0 Å². The summed E-state index contributed by atoms with van der Waals surface area (Å²) < 4.78 is 4.50. The third-order valence-electron chi connectivity index (χ3n) is 0.204. The van der Waals surface area contributed by atoms with Crippen LogP contribution in [0.25, 0.3) is 0 Å². The Morgan fingerprint density at radius 1 is 1.20 bits per heavy atom. The summed E-state index contributed by atoms with van der Waals surface area (Å²) in [4.78, 5) is 0. The largest absolute Gasteiger partial charge is 0.377 e. The van der Waals surface area contributed by atoms with Crippen LogP contribution in [0.4, 0.5) is 0 Å². The molecule has 1 saturated heterocycles. The number of hydrogen-bond acceptors (Lipinski definition) is 3. The van der Waals surface area contributed by atoms with Crippen LogP contribution in [0.15, 0.2) is 0 Å². The molecule has 5 heavy (non-hydrogen) atoms. The fourth-order valence-electron chi connectivity index (χ4n) is 0. The molecule has 4 N–H and O–H groups in total. The molecule has 0 aromatic heterocycles. The summed E-state index contributed by atoms with van der Waals surface area (Å²) in [6.07, 6.45) is 0. The number of nitrogens with two attached hydrogens (primary N) is 2. The van der Waals surface area contributed by atoms with Crippen LogP contribution in [0.3, 0.4) is 0 Å². The van der Waals surface area contributed by atoms with Crippen LogP contribution < -0.4 is 11.7 Å². The number of ether oxygens (including phenoxy) is 1. The Labute approximate surface area is 30.9 Å². The molecule has 1 rings (SSSR count). The lowest BCUT2D eigenvalue weighted by Crippen LogP contribution is -2.02. The van der Waals surface area contributed by atoms with Gasteiger partial charge in [-0.25, -0.2) is 0 Å². The second-order valence-electron chi connectivity index (χ2n) is 0.612. The predicted molar refractivity (Wildman–Crippen MR) is 19.2 cm³/mol. The van der Waals surface area contributed by atoms with Gasteiger partial charge in [0.15, 0.2) is 0 Å². The molecule has 32 valence electrons. The highest BCUT2D eigenvalue weighted by Gasteiger charge is 1.94. The second-order valence-corrected chi connectivity index (χ2v) is 0.612. The Kier molecular flexibility index (Phi) is 3.79. The van der Waals surface area contributed by atoms with Gasteiger partial charge in [0.1, 0.15) is 0 Å². The van der Waals surface area contributed by atoms with E-state index in [-0.39, 0.29) is 0 Å². The first kappa shape index (κ1) is 4.88. The average Bonchev–Trinajstić information content (AvgIpc) is 2.19. The highest BCUT2D eigenvalue weighted by Crippen LogP contribution is 1.84. The van der Waals surface area contributed by atoms with Crippen molar-refractivity contribution in [1.29, 1.82) is 0 Å². The molecule has 0 amide bonds. The zero-order chi connectivity index (χ0) is 4.12. The van der Waals surface area contributed by atoms with E-state index in [1.165, 1.54) is 0 Å². The van der Waals surface area contributed by atoms with Crippen molar-refractivity contribution in [1.82, 2.24) is 0 Å². The number of rotatable bonds is 0. The van der Waals surface area contributed by atoms with Crippen molar-refractivity contribution >= 4 is 0 Å². The zero-order valence-corrected chi connectivity index (χ0v) is 2.98. The fourth-order valence-corrected chi connectivity index (χ4v) is 0. The van der Waals surface area contributed by atoms with Gasteiger partial charge >= 0.3 is 0 Å². The van der Waals surface area contributed by atoms with Gasteiger partial charge in [0.2, 0.25) is 0 Å². The van der Waals surface area contributed by atoms with E-state index in [0.29, 0.717) is 0 Å². The average molecular weight is 76.1 g/mol. The molecule has 0 bridgehead atoms. The normalized spacial score (nSPS) is 15.6. The summed E-state index contributed by atoms with van der Waals surface area (Å²) in [7, 11) is 0. The maximum atomic E-state index is 4.50. The van der Waals surface area contributed by atoms with Gasteiger partial charge in [-0.3, -0.25) is 11.7 Å². The first-order valence-corrected chi connectivity index (χ1v) is 1.41. The summed E-state index contributed by atoms with van der Waals surface area (Å²) in [5.74, 6) is 8.00. The molecule has 0 atom stereocenters. The van der Waals surface area contributed by atoms with Crippen LogP contribution in [0, 0.1) is 0 Å². The van der Waals surface area contributed by atoms with E-state index in [2.05, 4.69) is 16.4 Å². The van der Waals surface area contributed by atoms with Gasteiger partial charge in [0, 0.05) is 0 Å². The van der Waals surface area contributed by atoms with Crippen molar-refractivity contribution in [3.8, 4) is 0 Å². The minimum absolute atomic E-state index is 1.00. The highest BCUT2D eigenvalue weighted by atomic mass is 16.6. The molecule has 0 radical (unpaired) electrons. The van der Waals surface area contributed by atoms with Gasteiger partial charge < -0.3 is 4.74 Å².